The highest BCUT2D eigenvalue weighted by molar-refractivity contribution is 5.87. The third kappa shape index (κ3) is 6.36. The van der Waals surface area contributed by atoms with Crippen LogP contribution in [0.5, 0.6) is 0 Å². The van der Waals surface area contributed by atoms with Gasteiger partial charge in [0, 0.05) is 19.6 Å². The van der Waals surface area contributed by atoms with Gasteiger partial charge < -0.3 is 15.3 Å². The number of nitrogens with zero attached hydrogens (tertiary/aromatic N) is 1. The van der Waals surface area contributed by atoms with E-state index in [1.807, 2.05) is 12.1 Å². The lowest BCUT2D eigenvalue weighted by Crippen LogP contribution is -2.29. The fourth-order valence-electron chi connectivity index (χ4n) is 1.81. The summed E-state index contributed by atoms with van der Waals surface area (Å²) in [6, 6.07) is 7.01. The molecule has 0 atom stereocenters. The van der Waals surface area contributed by atoms with Crippen LogP contribution >= 0.6 is 0 Å². The summed E-state index contributed by atoms with van der Waals surface area (Å²) in [4.78, 5) is 13.0. The quantitative estimate of drug-likeness (QED) is 0.671. The van der Waals surface area contributed by atoms with E-state index in [0.29, 0.717) is 5.56 Å². The Bertz CT molecular complexity index is 376. The zero-order chi connectivity index (χ0) is 14.1. The lowest BCUT2D eigenvalue weighted by Gasteiger charge is -2.16. The molecule has 106 valence electrons. The first-order chi connectivity index (χ1) is 9.13. The number of hydrogen-bond acceptors (Lipinski definition) is 3. The number of carboxylic acid groups (broad SMARTS) is 1. The van der Waals surface area contributed by atoms with Crippen molar-refractivity contribution in [2.75, 3.05) is 26.7 Å². The molecule has 2 N–H and O–H groups in total. The predicted molar refractivity (Wildman–Crippen MR) is 77.5 cm³/mol. The molecule has 0 bridgehead atoms. The van der Waals surface area contributed by atoms with Gasteiger partial charge >= 0.3 is 5.97 Å². The van der Waals surface area contributed by atoms with Crippen molar-refractivity contribution in [1.29, 1.82) is 0 Å². The number of carboxylic acids is 1. The Labute approximate surface area is 115 Å². The summed E-state index contributed by atoms with van der Waals surface area (Å²) in [5.74, 6) is -0.878. The summed E-state index contributed by atoms with van der Waals surface area (Å²) in [5, 5.41) is 12.2. The first kappa shape index (κ1) is 15.7. The van der Waals surface area contributed by atoms with Crippen LogP contribution in [0.4, 0.5) is 0 Å². The van der Waals surface area contributed by atoms with Gasteiger partial charge in [-0.2, -0.15) is 0 Å². The van der Waals surface area contributed by atoms with Crippen molar-refractivity contribution >= 4 is 5.97 Å². The number of unbranched alkanes of at least 4 members (excludes halogenated alkanes) is 1. The van der Waals surface area contributed by atoms with Crippen molar-refractivity contribution in [3.8, 4) is 0 Å². The van der Waals surface area contributed by atoms with E-state index in [2.05, 4.69) is 24.2 Å². The minimum atomic E-state index is -0.878. The molecule has 19 heavy (non-hydrogen) atoms. The van der Waals surface area contributed by atoms with E-state index < -0.39 is 5.97 Å². The van der Waals surface area contributed by atoms with Gasteiger partial charge in [0.05, 0.1) is 5.56 Å². The topological polar surface area (TPSA) is 52.6 Å². The molecular formula is C15H24N2O2. The van der Waals surface area contributed by atoms with Crippen molar-refractivity contribution in [2.24, 2.45) is 0 Å². The van der Waals surface area contributed by atoms with E-state index in [1.165, 1.54) is 12.8 Å². The molecule has 0 aliphatic heterocycles. The zero-order valence-electron chi connectivity index (χ0n) is 11.9. The maximum absolute atomic E-state index is 10.7. The third-order valence-corrected chi connectivity index (χ3v) is 3.09. The summed E-state index contributed by atoms with van der Waals surface area (Å²) in [6.07, 6.45) is 2.47. The second-order valence-corrected chi connectivity index (χ2v) is 4.84. The largest absolute Gasteiger partial charge is 0.478 e. The van der Waals surface area contributed by atoms with Crippen LogP contribution in [-0.4, -0.2) is 42.7 Å². The first-order valence-corrected chi connectivity index (χ1v) is 6.85. The third-order valence-electron chi connectivity index (χ3n) is 3.09. The Morgan fingerprint density at radius 1 is 1.26 bits per heavy atom. The highest BCUT2D eigenvalue weighted by Crippen LogP contribution is 2.04. The minimum absolute atomic E-state index is 0.336. The number of nitrogens with one attached hydrogen (secondary N) is 1. The fraction of sp³-hybridized carbons (Fsp3) is 0.533. The molecule has 0 aliphatic carbocycles. The summed E-state index contributed by atoms with van der Waals surface area (Å²) < 4.78 is 0. The van der Waals surface area contributed by atoms with Gasteiger partial charge in [0.25, 0.3) is 0 Å². The predicted octanol–water partition coefficient (Wildman–Crippen LogP) is 2.21. The lowest BCUT2D eigenvalue weighted by atomic mass is 10.1. The summed E-state index contributed by atoms with van der Waals surface area (Å²) in [7, 11) is 2.14. The Morgan fingerprint density at radius 3 is 2.53 bits per heavy atom. The molecule has 0 saturated carbocycles. The second-order valence-electron chi connectivity index (χ2n) is 4.84. The maximum Gasteiger partial charge on any atom is 0.335 e. The van der Waals surface area contributed by atoms with Crippen LogP contribution in [0.15, 0.2) is 24.3 Å². The molecule has 0 radical (unpaired) electrons. The Kier molecular flexibility index (Phi) is 7.15. The van der Waals surface area contributed by atoms with Gasteiger partial charge in [-0.05, 0) is 37.7 Å². The van der Waals surface area contributed by atoms with Crippen molar-refractivity contribution in [3.05, 3.63) is 35.4 Å². The van der Waals surface area contributed by atoms with Gasteiger partial charge in [-0.1, -0.05) is 25.5 Å². The van der Waals surface area contributed by atoms with Gasteiger partial charge in [-0.3, -0.25) is 0 Å². The summed E-state index contributed by atoms with van der Waals surface area (Å²) in [5.41, 5.74) is 1.45. The molecule has 0 saturated heterocycles. The molecule has 0 aliphatic rings. The Balaban J connectivity index is 2.20. The Morgan fingerprint density at radius 2 is 1.95 bits per heavy atom. The molecule has 0 aromatic heterocycles. The van der Waals surface area contributed by atoms with Gasteiger partial charge in [0.15, 0.2) is 0 Å². The number of aromatic carboxylic acids is 1. The maximum atomic E-state index is 10.7. The number of carbonyl (C=O) groups is 1. The van der Waals surface area contributed by atoms with Crippen molar-refractivity contribution < 1.29 is 9.90 Å². The molecule has 1 aromatic carbocycles. The van der Waals surface area contributed by atoms with Crippen molar-refractivity contribution in [2.45, 2.75) is 26.3 Å². The van der Waals surface area contributed by atoms with E-state index >= 15 is 0 Å². The van der Waals surface area contributed by atoms with Gasteiger partial charge in [0.2, 0.25) is 0 Å². The minimum Gasteiger partial charge on any atom is -0.478 e. The van der Waals surface area contributed by atoms with Crippen LogP contribution in [0.1, 0.15) is 35.7 Å². The van der Waals surface area contributed by atoms with Crippen molar-refractivity contribution in [1.82, 2.24) is 10.2 Å². The molecule has 0 fully saturated rings. The van der Waals surface area contributed by atoms with E-state index in [-0.39, 0.29) is 0 Å². The molecule has 0 heterocycles. The molecular weight excluding hydrogens is 240 g/mol. The lowest BCUT2D eigenvalue weighted by molar-refractivity contribution is 0.0697. The highest BCUT2D eigenvalue weighted by Gasteiger charge is 2.01. The molecule has 1 rings (SSSR count). The summed E-state index contributed by atoms with van der Waals surface area (Å²) in [6.45, 7) is 6.11. The molecule has 4 nitrogen and oxygen atoms in total. The van der Waals surface area contributed by atoms with Gasteiger partial charge in [0.1, 0.15) is 0 Å². The smallest absolute Gasteiger partial charge is 0.335 e. The zero-order valence-corrected chi connectivity index (χ0v) is 11.9. The molecule has 0 unspecified atom stereocenters. The normalized spacial score (nSPS) is 10.9. The Hall–Kier alpha value is -1.39. The van der Waals surface area contributed by atoms with Gasteiger partial charge in [-0.15, -0.1) is 0 Å². The van der Waals surface area contributed by atoms with E-state index in [9.17, 15) is 4.79 Å². The van der Waals surface area contributed by atoms with Crippen molar-refractivity contribution in [3.63, 3.8) is 0 Å². The number of likely N-dealkylation sites (N-methyl/N-ethyl adjacent to an activating group) is 1. The molecule has 1 aromatic rings. The van der Waals surface area contributed by atoms with E-state index in [1.54, 1.807) is 12.1 Å². The SMILES string of the molecule is CCCCN(C)CCNCc1ccc(C(=O)O)cc1. The fourth-order valence-corrected chi connectivity index (χ4v) is 1.81. The number of hydrogen-bond donors (Lipinski definition) is 2. The average molecular weight is 264 g/mol. The number of rotatable bonds is 9. The highest BCUT2D eigenvalue weighted by atomic mass is 16.4. The van der Waals surface area contributed by atoms with Crippen LogP contribution in [0.2, 0.25) is 0 Å². The average Bonchev–Trinajstić information content (AvgIpc) is 2.41. The van der Waals surface area contributed by atoms with E-state index in [4.69, 9.17) is 5.11 Å². The van der Waals surface area contributed by atoms with E-state index in [0.717, 1.165) is 31.7 Å². The molecule has 0 amide bonds. The summed E-state index contributed by atoms with van der Waals surface area (Å²) >= 11 is 0. The second kappa shape index (κ2) is 8.67. The van der Waals surface area contributed by atoms with Crippen LogP contribution < -0.4 is 5.32 Å². The molecule has 0 spiro atoms. The van der Waals surface area contributed by atoms with Crippen LogP contribution in [0, 0.1) is 0 Å². The van der Waals surface area contributed by atoms with Crippen LogP contribution in [0.25, 0.3) is 0 Å². The number of benzene rings is 1. The monoisotopic (exact) mass is 264 g/mol. The van der Waals surface area contributed by atoms with Crippen LogP contribution in [-0.2, 0) is 6.54 Å². The first-order valence-electron chi connectivity index (χ1n) is 6.85. The molecule has 4 heteroatoms. The van der Waals surface area contributed by atoms with Gasteiger partial charge in [-0.25, -0.2) is 4.79 Å². The van der Waals surface area contributed by atoms with Crippen LogP contribution in [0.3, 0.4) is 0 Å². The standard InChI is InChI=1S/C15H24N2O2/c1-3-4-10-17(2)11-9-16-12-13-5-7-14(8-6-13)15(18)19/h5-8,16H,3-4,9-12H2,1-2H3,(H,18,19).